The van der Waals surface area contributed by atoms with Crippen LogP contribution in [-0.2, 0) is 4.74 Å². The number of hydrogen-bond donors (Lipinski definition) is 0. The molecule has 1 aliphatic heterocycles. The second kappa shape index (κ2) is 8.06. The number of thioether (sulfide) groups is 1. The maximum absolute atomic E-state index is 12.1. The molecule has 1 amide bonds. The lowest BCUT2D eigenvalue weighted by Gasteiger charge is -2.35. The fourth-order valence-corrected chi connectivity index (χ4v) is 3.51. The molecule has 0 aliphatic carbocycles. The van der Waals surface area contributed by atoms with E-state index in [1.165, 1.54) is 0 Å². The largest absolute Gasteiger partial charge is 0.444 e. The molecule has 0 N–H and O–H groups in total. The van der Waals surface area contributed by atoms with Gasteiger partial charge in [0.25, 0.3) is 0 Å². The summed E-state index contributed by atoms with van der Waals surface area (Å²) in [4.78, 5) is 21.7. The monoisotopic (exact) mass is 355 g/mol. The van der Waals surface area contributed by atoms with Gasteiger partial charge in [0.2, 0.25) is 0 Å². The second-order valence-electron chi connectivity index (χ2n) is 6.26. The quantitative estimate of drug-likeness (QED) is 0.819. The molecular weight excluding hydrogens is 330 g/mol. The lowest BCUT2D eigenvalue weighted by molar-refractivity contribution is 0.0240. The topological polar surface area (TPSA) is 45.7 Å². The number of aromatic nitrogens is 1. The smallest absolute Gasteiger partial charge is 0.410 e. The van der Waals surface area contributed by atoms with Gasteiger partial charge in [0.15, 0.2) is 5.13 Å². The molecule has 0 atom stereocenters. The van der Waals surface area contributed by atoms with E-state index in [0.29, 0.717) is 13.1 Å². The first-order chi connectivity index (χ1) is 10.9. The molecule has 128 valence electrons. The summed E-state index contributed by atoms with van der Waals surface area (Å²) in [6.07, 6.45) is 3.79. The van der Waals surface area contributed by atoms with Gasteiger partial charge in [-0.25, -0.2) is 9.78 Å². The molecule has 2 rings (SSSR count). The molecule has 0 spiro atoms. The van der Waals surface area contributed by atoms with Gasteiger partial charge in [-0.2, -0.15) is 0 Å². The molecule has 1 aromatic rings. The molecule has 1 saturated heterocycles. The third kappa shape index (κ3) is 5.73. The average molecular weight is 356 g/mol. The molecule has 1 aromatic heterocycles. The molecule has 0 unspecified atom stereocenters. The summed E-state index contributed by atoms with van der Waals surface area (Å²) in [5, 5.41) is 3.13. The van der Waals surface area contributed by atoms with E-state index in [9.17, 15) is 4.79 Å². The Morgan fingerprint density at radius 3 is 2.70 bits per heavy atom. The van der Waals surface area contributed by atoms with Crippen LogP contribution >= 0.6 is 23.1 Å². The number of hydrogen-bond acceptors (Lipinski definition) is 6. The Balaban J connectivity index is 1.86. The zero-order valence-corrected chi connectivity index (χ0v) is 15.9. The molecule has 0 radical (unpaired) electrons. The van der Waals surface area contributed by atoms with Gasteiger partial charge in [-0.05, 0) is 38.0 Å². The number of piperazine rings is 1. The standard InChI is InChI=1S/C16H25N3O2S2/c1-5-22-11-6-13-12-17-14(23-13)18-7-9-19(10-8-18)15(20)21-16(2,3)4/h6,11-12H,5,7-10H2,1-4H3/b11-6+. The predicted octanol–water partition coefficient (Wildman–Crippen LogP) is 3.92. The Bertz CT molecular complexity index is 544. The van der Waals surface area contributed by atoms with Crippen LogP contribution in [0.15, 0.2) is 11.6 Å². The normalized spacial score (nSPS) is 16.2. The van der Waals surface area contributed by atoms with E-state index in [-0.39, 0.29) is 6.09 Å². The minimum Gasteiger partial charge on any atom is -0.444 e. The van der Waals surface area contributed by atoms with Crippen molar-refractivity contribution in [3.8, 4) is 0 Å². The van der Waals surface area contributed by atoms with Crippen molar-refractivity contribution >= 4 is 40.4 Å². The third-order valence-corrected chi connectivity index (χ3v) is 4.89. The molecule has 1 aliphatic rings. The molecule has 0 aromatic carbocycles. The Hall–Kier alpha value is -1.21. The van der Waals surface area contributed by atoms with E-state index in [2.05, 4.69) is 28.3 Å². The number of carbonyl (C=O) groups is 1. The summed E-state index contributed by atoms with van der Waals surface area (Å²) in [5.74, 6) is 1.08. The molecule has 0 bridgehead atoms. The number of carbonyl (C=O) groups excluding carboxylic acids is 1. The molecule has 7 heteroatoms. The SMILES string of the molecule is CCS/C=C/c1cnc(N2CCN(C(=O)OC(C)(C)C)CC2)s1. The number of anilines is 1. The van der Waals surface area contributed by atoms with Gasteiger partial charge < -0.3 is 14.5 Å². The van der Waals surface area contributed by atoms with Gasteiger partial charge >= 0.3 is 6.09 Å². The first kappa shape index (κ1) is 18.1. The first-order valence-corrected chi connectivity index (χ1v) is 9.72. The summed E-state index contributed by atoms with van der Waals surface area (Å²) in [7, 11) is 0. The Morgan fingerprint density at radius 1 is 1.39 bits per heavy atom. The maximum Gasteiger partial charge on any atom is 0.410 e. The van der Waals surface area contributed by atoms with Crippen molar-refractivity contribution < 1.29 is 9.53 Å². The Morgan fingerprint density at radius 2 is 2.09 bits per heavy atom. The summed E-state index contributed by atoms with van der Waals surface area (Å²) in [5.41, 5.74) is -0.443. The van der Waals surface area contributed by atoms with Crippen molar-refractivity contribution in [3.63, 3.8) is 0 Å². The van der Waals surface area contributed by atoms with Crippen LogP contribution in [0.4, 0.5) is 9.93 Å². The van der Waals surface area contributed by atoms with Crippen LogP contribution in [0.1, 0.15) is 32.6 Å². The number of amides is 1. The zero-order valence-electron chi connectivity index (χ0n) is 14.2. The van der Waals surface area contributed by atoms with Crippen molar-refractivity contribution in [2.45, 2.75) is 33.3 Å². The molecule has 5 nitrogen and oxygen atoms in total. The average Bonchev–Trinajstić information content (AvgIpc) is 2.95. The van der Waals surface area contributed by atoms with Crippen LogP contribution in [0.25, 0.3) is 6.08 Å². The van der Waals surface area contributed by atoms with Gasteiger partial charge in [-0.3, -0.25) is 0 Å². The maximum atomic E-state index is 12.1. The fourth-order valence-electron chi connectivity index (χ4n) is 2.12. The van der Waals surface area contributed by atoms with Gasteiger partial charge in [0.1, 0.15) is 5.60 Å². The highest BCUT2D eigenvalue weighted by molar-refractivity contribution is 8.02. The molecule has 23 heavy (non-hydrogen) atoms. The second-order valence-corrected chi connectivity index (χ2v) is 8.48. The predicted molar refractivity (Wildman–Crippen MR) is 99.3 cm³/mol. The number of nitrogens with zero attached hydrogens (tertiary/aromatic N) is 3. The van der Waals surface area contributed by atoms with Crippen LogP contribution in [-0.4, -0.2) is 53.5 Å². The number of thiazole rings is 1. The summed E-state index contributed by atoms with van der Waals surface area (Å²) >= 11 is 3.47. The minimum atomic E-state index is -0.443. The fraction of sp³-hybridized carbons (Fsp3) is 0.625. The van der Waals surface area contributed by atoms with E-state index in [1.54, 1.807) is 28.0 Å². The van der Waals surface area contributed by atoms with Crippen molar-refractivity contribution in [1.29, 1.82) is 0 Å². The lowest BCUT2D eigenvalue weighted by atomic mass is 10.2. The third-order valence-electron chi connectivity index (χ3n) is 3.21. The van der Waals surface area contributed by atoms with Crippen LogP contribution in [0.3, 0.4) is 0 Å². The summed E-state index contributed by atoms with van der Waals surface area (Å²) < 4.78 is 5.42. The number of ether oxygens (including phenoxy) is 1. The van der Waals surface area contributed by atoms with Crippen LogP contribution < -0.4 is 4.90 Å². The lowest BCUT2D eigenvalue weighted by Crippen LogP contribution is -2.50. The van der Waals surface area contributed by atoms with Gasteiger partial charge in [-0.15, -0.1) is 11.8 Å². The molecule has 0 saturated carbocycles. The number of rotatable bonds is 4. The Labute approximate surface area is 146 Å². The summed E-state index contributed by atoms with van der Waals surface area (Å²) in [6, 6.07) is 0. The van der Waals surface area contributed by atoms with Gasteiger partial charge in [0.05, 0.1) is 0 Å². The van der Waals surface area contributed by atoms with E-state index < -0.39 is 5.60 Å². The summed E-state index contributed by atoms with van der Waals surface area (Å²) in [6.45, 7) is 10.7. The van der Waals surface area contributed by atoms with E-state index >= 15 is 0 Å². The first-order valence-electron chi connectivity index (χ1n) is 7.86. The minimum absolute atomic E-state index is 0.225. The van der Waals surface area contributed by atoms with Crippen LogP contribution in [0.2, 0.25) is 0 Å². The van der Waals surface area contributed by atoms with Crippen molar-refractivity contribution in [3.05, 3.63) is 16.5 Å². The van der Waals surface area contributed by atoms with E-state index in [4.69, 9.17) is 4.74 Å². The van der Waals surface area contributed by atoms with E-state index in [0.717, 1.165) is 28.9 Å². The van der Waals surface area contributed by atoms with Crippen LogP contribution in [0.5, 0.6) is 0 Å². The van der Waals surface area contributed by atoms with Gasteiger partial charge in [0, 0.05) is 37.3 Å². The highest BCUT2D eigenvalue weighted by Gasteiger charge is 2.26. The molecular formula is C16H25N3O2S2. The van der Waals surface area contributed by atoms with Crippen molar-refractivity contribution in [2.75, 3.05) is 36.8 Å². The molecule has 2 heterocycles. The van der Waals surface area contributed by atoms with E-state index in [1.807, 2.05) is 27.0 Å². The van der Waals surface area contributed by atoms with Gasteiger partial charge in [-0.1, -0.05) is 18.3 Å². The van der Waals surface area contributed by atoms with Crippen molar-refractivity contribution in [1.82, 2.24) is 9.88 Å². The van der Waals surface area contributed by atoms with Crippen LogP contribution in [0, 0.1) is 0 Å². The van der Waals surface area contributed by atoms with Crippen molar-refractivity contribution in [2.24, 2.45) is 0 Å². The highest BCUT2D eigenvalue weighted by Crippen LogP contribution is 2.25. The molecule has 1 fully saturated rings. The zero-order chi connectivity index (χ0) is 16.9. The highest BCUT2D eigenvalue weighted by atomic mass is 32.2. The Kier molecular flexibility index (Phi) is 6.35.